The van der Waals surface area contributed by atoms with Crippen molar-refractivity contribution in [2.45, 2.75) is 56.8 Å². The van der Waals surface area contributed by atoms with Crippen LogP contribution in [0.4, 0.5) is 13.2 Å². The van der Waals surface area contributed by atoms with Crippen LogP contribution in [-0.4, -0.2) is 30.1 Å². The van der Waals surface area contributed by atoms with Crippen LogP contribution >= 0.6 is 11.6 Å². The van der Waals surface area contributed by atoms with Gasteiger partial charge in [0.05, 0.1) is 6.42 Å². The number of rotatable bonds is 5. The molecule has 1 saturated carbocycles. The second-order valence-corrected chi connectivity index (χ2v) is 6.66. The summed E-state index contributed by atoms with van der Waals surface area (Å²) in [6, 6.07) is 6.16. The van der Waals surface area contributed by atoms with Crippen LogP contribution in [0.2, 0.25) is 5.02 Å². The summed E-state index contributed by atoms with van der Waals surface area (Å²) in [7, 11) is 0. The van der Waals surface area contributed by atoms with E-state index in [-0.39, 0.29) is 18.0 Å². The van der Waals surface area contributed by atoms with Gasteiger partial charge in [0, 0.05) is 29.1 Å². The minimum Gasteiger partial charge on any atom is -0.353 e. The highest BCUT2D eigenvalue weighted by Crippen LogP contribution is 2.22. The molecule has 0 unspecified atom stereocenters. The summed E-state index contributed by atoms with van der Waals surface area (Å²) in [6.07, 6.45) is -3.25. The third-order valence-corrected chi connectivity index (χ3v) is 4.37. The maximum absolute atomic E-state index is 12.2. The fourth-order valence-corrected chi connectivity index (χ4v) is 3.00. The Morgan fingerprint density at radius 3 is 2.28 bits per heavy atom. The quantitative estimate of drug-likeness (QED) is 0.820. The highest BCUT2D eigenvalue weighted by molar-refractivity contribution is 6.30. The third-order valence-electron chi connectivity index (χ3n) is 4.12. The first-order valence-electron chi connectivity index (χ1n) is 8.15. The van der Waals surface area contributed by atoms with Gasteiger partial charge in [0.25, 0.3) is 5.91 Å². The number of amides is 2. The van der Waals surface area contributed by atoms with Gasteiger partial charge in [-0.1, -0.05) is 11.6 Å². The minimum atomic E-state index is -4.33. The molecule has 138 valence electrons. The molecular weight excluding hydrogens is 357 g/mol. The Morgan fingerprint density at radius 1 is 1.08 bits per heavy atom. The minimum absolute atomic E-state index is 0.121. The second-order valence-electron chi connectivity index (χ2n) is 6.22. The zero-order valence-corrected chi connectivity index (χ0v) is 14.3. The molecule has 8 heteroatoms. The summed E-state index contributed by atoms with van der Waals surface area (Å²) in [5.74, 6) is -0.835. The molecule has 25 heavy (non-hydrogen) atoms. The van der Waals surface area contributed by atoms with E-state index in [4.69, 9.17) is 11.6 Å². The summed E-state index contributed by atoms with van der Waals surface area (Å²) >= 11 is 5.79. The molecule has 0 aliphatic heterocycles. The van der Waals surface area contributed by atoms with E-state index in [0.717, 1.165) is 12.8 Å². The molecule has 2 N–H and O–H groups in total. The molecule has 2 atom stereocenters. The van der Waals surface area contributed by atoms with Gasteiger partial charge >= 0.3 is 6.18 Å². The Bertz CT molecular complexity index is 605. The highest BCUT2D eigenvalue weighted by Gasteiger charge is 2.29. The number of hydrogen-bond acceptors (Lipinski definition) is 2. The number of halogens is 4. The topological polar surface area (TPSA) is 58.2 Å². The lowest BCUT2D eigenvalue weighted by Gasteiger charge is -2.30. The first kappa shape index (κ1) is 19.6. The lowest BCUT2D eigenvalue weighted by molar-refractivity contribution is -0.144. The molecule has 2 rings (SSSR count). The van der Waals surface area contributed by atoms with Gasteiger partial charge in [-0.3, -0.25) is 9.59 Å². The van der Waals surface area contributed by atoms with Crippen molar-refractivity contribution in [3.8, 4) is 0 Å². The van der Waals surface area contributed by atoms with Crippen molar-refractivity contribution in [1.29, 1.82) is 0 Å². The monoisotopic (exact) mass is 376 g/mol. The van der Waals surface area contributed by atoms with Crippen molar-refractivity contribution in [2.24, 2.45) is 0 Å². The summed E-state index contributed by atoms with van der Waals surface area (Å²) in [5, 5.41) is 6.07. The van der Waals surface area contributed by atoms with Crippen LogP contribution in [0.1, 0.15) is 48.9 Å². The first-order chi connectivity index (χ1) is 11.7. The van der Waals surface area contributed by atoms with Crippen molar-refractivity contribution in [3.05, 3.63) is 34.9 Å². The fourth-order valence-electron chi connectivity index (χ4n) is 2.88. The zero-order chi connectivity index (χ0) is 18.4. The zero-order valence-electron chi connectivity index (χ0n) is 13.5. The van der Waals surface area contributed by atoms with Gasteiger partial charge in [-0.05, 0) is 49.9 Å². The molecule has 0 spiro atoms. The molecule has 4 nitrogen and oxygen atoms in total. The molecule has 2 amide bonds. The number of nitrogens with one attached hydrogen (secondary N) is 2. The lowest BCUT2D eigenvalue weighted by atomic mass is 9.90. The Hall–Kier alpha value is -1.76. The Kier molecular flexibility index (Phi) is 6.70. The molecular formula is C17H20ClF3N2O2. The number of benzene rings is 1. The molecule has 1 aromatic rings. The van der Waals surface area contributed by atoms with E-state index in [0.29, 0.717) is 23.4 Å². The van der Waals surface area contributed by atoms with E-state index in [9.17, 15) is 22.8 Å². The SMILES string of the molecule is O=C(CCC(F)(F)F)N[C@@H]1CCC[C@@H](NC(=O)c2ccc(Cl)cc2)C1. The largest absolute Gasteiger partial charge is 0.389 e. The van der Waals surface area contributed by atoms with E-state index in [1.54, 1.807) is 24.3 Å². The summed E-state index contributed by atoms with van der Waals surface area (Å²) < 4.78 is 36.5. The normalized spacial score (nSPS) is 20.8. The first-order valence-corrected chi connectivity index (χ1v) is 8.53. The van der Waals surface area contributed by atoms with Crippen molar-refractivity contribution in [3.63, 3.8) is 0 Å². The molecule has 0 radical (unpaired) electrons. The van der Waals surface area contributed by atoms with Gasteiger partial charge in [-0.2, -0.15) is 13.2 Å². The summed E-state index contributed by atoms with van der Waals surface area (Å²) in [4.78, 5) is 23.8. The fraction of sp³-hybridized carbons (Fsp3) is 0.529. The maximum atomic E-state index is 12.2. The van der Waals surface area contributed by atoms with Crippen LogP contribution in [0.5, 0.6) is 0 Å². The van der Waals surface area contributed by atoms with Gasteiger partial charge in [-0.25, -0.2) is 0 Å². The third kappa shape index (κ3) is 6.94. The van der Waals surface area contributed by atoms with E-state index in [1.807, 2.05) is 0 Å². The van der Waals surface area contributed by atoms with E-state index < -0.39 is 24.9 Å². The molecule has 0 saturated heterocycles. The molecule has 1 aliphatic rings. The maximum Gasteiger partial charge on any atom is 0.389 e. The second kappa shape index (κ2) is 8.56. The number of alkyl halides is 3. The van der Waals surface area contributed by atoms with Crippen molar-refractivity contribution < 1.29 is 22.8 Å². The molecule has 1 aliphatic carbocycles. The Labute approximate surface area is 149 Å². The molecule has 0 bridgehead atoms. The van der Waals surface area contributed by atoms with Crippen molar-refractivity contribution >= 4 is 23.4 Å². The predicted molar refractivity (Wildman–Crippen MR) is 88.4 cm³/mol. The van der Waals surface area contributed by atoms with Crippen LogP contribution in [-0.2, 0) is 4.79 Å². The van der Waals surface area contributed by atoms with Crippen LogP contribution in [0.25, 0.3) is 0 Å². The van der Waals surface area contributed by atoms with Crippen LogP contribution in [0, 0.1) is 0 Å². The smallest absolute Gasteiger partial charge is 0.353 e. The number of hydrogen-bond donors (Lipinski definition) is 2. The molecule has 1 fully saturated rings. The summed E-state index contributed by atoms with van der Waals surface area (Å²) in [6.45, 7) is 0. The lowest BCUT2D eigenvalue weighted by Crippen LogP contribution is -2.45. The molecule has 0 heterocycles. The van der Waals surface area contributed by atoms with Crippen molar-refractivity contribution in [2.75, 3.05) is 0 Å². The van der Waals surface area contributed by atoms with Gasteiger partial charge in [0.1, 0.15) is 0 Å². The van der Waals surface area contributed by atoms with E-state index in [2.05, 4.69) is 10.6 Å². The van der Waals surface area contributed by atoms with Gasteiger partial charge < -0.3 is 10.6 Å². The van der Waals surface area contributed by atoms with Gasteiger partial charge in [-0.15, -0.1) is 0 Å². The Balaban J connectivity index is 1.81. The standard InChI is InChI=1S/C17H20ClF3N2O2/c18-12-6-4-11(5-7-12)16(25)23-14-3-1-2-13(10-14)22-15(24)8-9-17(19,20)21/h4-7,13-14H,1-3,8-10H2,(H,22,24)(H,23,25)/t13-,14-/m1/s1. The Morgan fingerprint density at radius 2 is 1.68 bits per heavy atom. The van der Waals surface area contributed by atoms with Gasteiger partial charge in [0.2, 0.25) is 5.91 Å². The summed E-state index contributed by atoms with van der Waals surface area (Å²) in [5.41, 5.74) is 0.487. The van der Waals surface area contributed by atoms with Crippen molar-refractivity contribution in [1.82, 2.24) is 10.6 Å². The van der Waals surface area contributed by atoms with E-state index >= 15 is 0 Å². The number of carbonyl (C=O) groups excluding carboxylic acids is 2. The van der Waals surface area contributed by atoms with Crippen LogP contribution in [0.3, 0.4) is 0 Å². The molecule has 0 aromatic heterocycles. The van der Waals surface area contributed by atoms with Crippen LogP contribution < -0.4 is 10.6 Å². The van der Waals surface area contributed by atoms with Gasteiger partial charge in [0.15, 0.2) is 0 Å². The highest BCUT2D eigenvalue weighted by atomic mass is 35.5. The number of carbonyl (C=O) groups is 2. The average molecular weight is 377 g/mol. The van der Waals surface area contributed by atoms with Crippen LogP contribution in [0.15, 0.2) is 24.3 Å². The average Bonchev–Trinajstić information content (AvgIpc) is 2.53. The molecule has 1 aromatic carbocycles. The van der Waals surface area contributed by atoms with E-state index in [1.165, 1.54) is 0 Å². The predicted octanol–water partition coefficient (Wildman–Crippen LogP) is 3.84.